The SMILES string of the molecule is CCOC(=O)c1cc(=O)n(C2CCCC2)[nH]1. The standard InChI is InChI=1S/C11H16N2O3/c1-2-16-11(15)9-7-10(14)13(12-9)8-5-3-4-6-8/h7-8,12H,2-6H2,1H3. The van der Waals surface area contributed by atoms with Gasteiger partial charge in [-0.3, -0.25) is 9.89 Å². The van der Waals surface area contributed by atoms with Crippen LogP contribution in [0.25, 0.3) is 0 Å². The third kappa shape index (κ3) is 2.03. The van der Waals surface area contributed by atoms with E-state index in [-0.39, 0.29) is 17.3 Å². The Hall–Kier alpha value is -1.52. The molecule has 16 heavy (non-hydrogen) atoms. The lowest BCUT2D eigenvalue weighted by atomic mass is 10.3. The summed E-state index contributed by atoms with van der Waals surface area (Å²) in [5.41, 5.74) is 0.105. The second kappa shape index (κ2) is 4.55. The molecule has 0 unspecified atom stereocenters. The van der Waals surface area contributed by atoms with Crippen LogP contribution in [0.2, 0.25) is 0 Å². The molecule has 1 N–H and O–H groups in total. The van der Waals surface area contributed by atoms with Crippen LogP contribution in [-0.4, -0.2) is 22.4 Å². The maximum absolute atomic E-state index is 11.7. The number of H-pyrrole nitrogens is 1. The van der Waals surface area contributed by atoms with Crippen molar-refractivity contribution in [2.24, 2.45) is 0 Å². The Morgan fingerprint density at radius 1 is 1.56 bits per heavy atom. The molecule has 0 saturated heterocycles. The lowest BCUT2D eigenvalue weighted by Gasteiger charge is -2.09. The zero-order valence-electron chi connectivity index (χ0n) is 9.36. The van der Waals surface area contributed by atoms with Crippen molar-refractivity contribution in [1.82, 2.24) is 9.78 Å². The fourth-order valence-corrected chi connectivity index (χ4v) is 2.16. The summed E-state index contributed by atoms with van der Waals surface area (Å²) in [6.45, 7) is 2.06. The predicted octanol–water partition coefficient (Wildman–Crippen LogP) is 1.47. The van der Waals surface area contributed by atoms with Gasteiger partial charge in [0.2, 0.25) is 0 Å². The number of carbonyl (C=O) groups excluding carboxylic acids is 1. The van der Waals surface area contributed by atoms with E-state index in [4.69, 9.17) is 4.74 Å². The molecule has 1 fully saturated rings. The lowest BCUT2D eigenvalue weighted by molar-refractivity contribution is 0.0518. The lowest BCUT2D eigenvalue weighted by Crippen LogP contribution is -2.20. The summed E-state index contributed by atoms with van der Waals surface area (Å²) in [7, 11) is 0. The first-order chi connectivity index (χ1) is 7.72. The first-order valence-electron chi connectivity index (χ1n) is 5.71. The van der Waals surface area contributed by atoms with Gasteiger partial charge in [0, 0.05) is 6.07 Å². The van der Waals surface area contributed by atoms with E-state index in [0.29, 0.717) is 6.61 Å². The Balaban J connectivity index is 2.21. The highest BCUT2D eigenvalue weighted by Gasteiger charge is 2.21. The van der Waals surface area contributed by atoms with E-state index in [1.165, 1.54) is 6.07 Å². The van der Waals surface area contributed by atoms with Crippen LogP contribution in [0.15, 0.2) is 10.9 Å². The van der Waals surface area contributed by atoms with Gasteiger partial charge in [-0.25, -0.2) is 9.48 Å². The van der Waals surface area contributed by atoms with Crippen molar-refractivity contribution in [3.05, 3.63) is 22.1 Å². The summed E-state index contributed by atoms with van der Waals surface area (Å²) in [6, 6.07) is 1.53. The number of ether oxygens (including phenoxy) is 1. The molecule has 0 radical (unpaired) electrons. The first-order valence-corrected chi connectivity index (χ1v) is 5.71. The topological polar surface area (TPSA) is 64.1 Å². The summed E-state index contributed by atoms with van der Waals surface area (Å²) in [4.78, 5) is 23.1. The first kappa shape index (κ1) is 11.0. The molecule has 0 aliphatic heterocycles. The maximum atomic E-state index is 11.7. The van der Waals surface area contributed by atoms with Crippen LogP contribution < -0.4 is 5.56 Å². The predicted molar refractivity (Wildman–Crippen MR) is 58.5 cm³/mol. The Labute approximate surface area is 93.4 Å². The molecule has 0 aromatic carbocycles. The molecule has 88 valence electrons. The van der Waals surface area contributed by atoms with E-state index in [1.54, 1.807) is 11.6 Å². The fraction of sp³-hybridized carbons (Fsp3) is 0.636. The monoisotopic (exact) mass is 224 g/mol. The van der Waals surface area contributed by atoms with Crippen LogP contribution in [0.5, 0.6) is 0 Å². The highest BCUT2D eigenvalue weighted by Crippen LogP contribution is 2.27. The van der Waals surface area contributed by atoms with Gasteiger partial charge < -0.3 is 4.74 Å². The second-order valence-corrected chi connectivity index (χ2v) is 4.04. The van der Waals surface area contributed by atoms with E-state index in [0.717, 1.165) is 25.7 Å². The molecule has 0 atom stereocenters. The van der Waals surface area contributed by atoms with Crippen molar-refractivity contribution in [3.63, 3.8) is 0 Å². The average molecular weight is 224 g/mol. The zero-order chi connectivity index (χ0) is 11.5. The number of rotatable bonds is 3. The quantitative estimate of drug-likeness (QED) is 0.791. The normalized spacial score (nSPS) is 16.6. The Morgan fingerprint density at radius 3 is 2.88 bits per heavy atom. The number of hydrogen-bond donors (Lipinski definition) is 1. The van der Waals surface area contributed by atoms with Crippen LogP contribution in [-0.2, 0) is 4.74 Å². The van der Waals surface area contributed by atoms with E-state index in [1.807, 2.05) is 0 Å². The van der Waals surface area contributed by atoms with Crippen molar-refractivity contribution < 1.29 is 9.53 Å². The van der Waals surface area contributed by atoms with E-state index in [2.05, 4.69) is 5.10 Å². The summed E-state index contributed by atoms with van der Waals surface area (Å²) in [6.07, 6.45) is 4.29. The molecule has 1 saturated carbocycles. The maximum Gasteiger partial charge on any atom is 0.356 e. The molecule has 5 heteroatoms. The van der Waals surface area contributed by atoms with Crippen molar-refractivity contribution in [3.8, 4) is 0 Å². The van der Waals surface area contributed by atoms with Gasteiger partial charge in [-0.1, -0.05) is 12.8 Å². The van der Waals surface area contributed by atoms with Crippen LogP contribution in [0, 0.1) is 0 Å². The van der Waals surface area contributed by atoms with Gasteiger partial charge in [0.15, 0.2) is 0 Å². The molecule has 2 rings (SSSR count). The molecule has 0 bridgehead atoms. The number of aromatic amines is 1. The number of carbonyl (C=O) groups is 1. The van der Waals surface area contributed by atoms with Gasteiger partial charge in [-0.2, -0.15) is 0 Å². The molecule has 0 spiro atoms. The minimum Gasteiger partial charge on any atom is -0.461 e. The minimum absolute atomic E-state index is 0.144. The van der Waals surface area contributed by atoms with Crippen molar-refractivity contribution in [1.29, 1.82) is 0 Å². The summed E-state index contributed by atoms with van der Waals surface area (Å²) < 4.78 is 6.39. The fourth-order valence-electron chi connectivity index (χ4n) is 2.16. The minimum atomic E-state index is -0.462. The summed E-state index contributed by atoms with van der Waals surface area (Å²) >= 11 is 0. The van der Waals surface area contributed by atoms with E-state index < -0.39 is 5.97 Å². The van der Waals surface area contributed by atoms with Crippen molar-refractivity contribution in [2.45, 2.75) is 38.6 Å². The molecule has 1 heterocycles. The summed E-state index contributed by atoms with van der Waals surface area (Å²) in [5.74, 6) is -0.462. The van der Waals surface area contributed by atoms with Gasteiger partial charge >= 0.3 is 5.97 Å². The van der Waals surface area contributed by atoms with Gasteiger partial charge in [0.05, 0.1) is 12.6 Å². The molecular formula is C11H16N2O3. The molecule has 1 aliphatic carbocycles. The highest BCUT2D eigenvalue weighted by atomic mass is 16.5. The zero-order valence-corrected chi connectivity index (χ0v) is 9.36. The van der Waals surface area contributed by atoms with Gasteiger partial charge in [-0.05, 0) is 19.8 Å². The Morgan fingerprint density at radius 2 is 2.25 bits per heavy atom. The van der Waals surface area contributed by atoms with E-state index >= 15 is 0 Å². The van der Waals surface area contributed by atoms with Gasteiger partial charge in [0.25, 0.3) is 5.56 Å². The second-order valence-electron chi connectivity index (χ2n) is 4.04. The number of aromatic nitrogens is 2. The Kier molecular flexibility index (Phi) is 3.12. The van der Waals surface area contributed by atoms with Gasteiger partial charge in [0.1, 0.15) is 5.69 Å². The average Bonchev–Trinajstić information content (AvgIpc) is 2.86. The van der Waals surface area contributed by atoms with Crippen LogP contribution in [0.3, 0.4) is 0 Å². The molecule has 0 amide bonds. The molecule has 1 aliphatic rings. The van der Waals surface area contributed by atoms with Crippen molar-refractivity contribution in [2.75, 3.05) is 6.61 Å². The number of hydrogen-bond acceptors (Lipinski definition) is 3. The Bertz CT molecular complexity index is 427. The molecule has 1 aromatic heterocycles. The largest absolute Gasteiger partial charge is 0.461 e. The van der Waals surface area contributed by atoms with Crippen LogP contribution >= 0.6 is 0 Å². The van der Waals surface area contributed by atoms with Crippen molar-refractivity contribution >= 4 is 5.97 Å². The number of nitrogens with zero attached hydrogens (tertiary/aromatic N) is 1. The van der Waals surface area contributed by atoms with Crippen LogP contribution in [0.4, 0.5) is 0 Å². The smallest absolute Gasteiger partial charge is 0.356 e. The summed E-state index contributed by atoms with van der Waals surface area (Å²) in [5, 5.41) is 2.84. The third-order valence-corrected chi connectivity index (χ3v) is 2.93. The number of nitrogens with one attached hydrogen (secondary N) is 1. The molecular weight excluding hydrogens is 208 g/mol. The van der Waals surface area contributed by atoms with Gasteiger partial charge in [-0.15, -0.1) is 0 Å². The molecule has 5 nitrogen and oxygen atoms in total. The highest BCUT2D eigenvalue weighted by molar-refractivity contribution is 5.86. The van der Waals surface area contributed by atoms with E-state index in [9.17, 15) is 9.59 Å². The van der Waals surface area contributed by atoms with Crippen LogP contribution in [0.1, 0.15) is 49.1 Å². The molecule has 1 aromatic rings. The third-order valence-electron chi connectivity index (χ3n) is 2.93. The number of esters is 1.